The molecule has 0 saturated heterocycles. The van der Waals surface area contributed by atoms with Crippen molar-refractivity contribution in [2.75, 3.05) is 0 Å². The highest BCUT2D eigenvalue weighted by Crippen LogP contribution is 2.07. The molecule has 5 heteroatoms. The maximum absolute atomic E-state index is 4.18. The second-order valence-corrected chi connectivity index (χ2v) is 3.66. The SMILES string of the molecule is C=Cc1ccc[nH]1.NON.c1ccc2ncccc2c1. The van der Waals surface area contributed by atoms with Crippen LogP contribution in [0.3, 0.4) is 0 Å². The van der Waals surface area contributed by atoms with Gasteiger partial charge in [0.2, 0.25) is 0 Å². The Morgan fingerprint density at radius 2 is 1.75 bits per heavy atom. The van der Waals surface area contributed by atoms with Crippen LogP contribution in [-0.2, 0) is 4.94 Å². The minimum Gasteiger partial charge on any atom is -0.362 e. The van der Waals surface area contributed by atoms with Crippen LogP contribution in [0.25, 0.3) is 17.0 Å². The van der Waals surface area contributed by atoms with Crippen LogP contribution in [0.15, 0.2) is 67.5 Å². The highest BCUT2D eigenvalue weighted by molar-refractivity contribution is 5.77. The smallest absolute Gasteiger partial charge is 0.0701 e. The van der Waals surface area contributed by atoms with Crippen LogP contribution in [0.4, 0.5) is 0 Å². The highest BCUT2D eigenvalue weighted by Gasteiger charge is 1.86. The third-order valence-electron chi connectivity index (χ3n) is 2.35. The van der Waals surface area contributed by atoms with E-state index in [1.54, 1.807) is 6.08 Å². The van der Waals surface area contributed by atoms with Crippen molar-refractivity contribution in [3.8, 4) is 0 Å². The molecule has 5 N–H and O–H groups in total. The van der Waals surface area contributed by atoms with E-state index in [0.717, 1.165) is 11.2 Å². The fraction of sp³-hybridized carbons (Fsp3) is 0. The van der Waals surface area contributed by atoms with E-state index in [-0.39, 0.29) is 0 Å². The molecule has 0 unspecified atom stereocenters. The first-order valence-electron chi connectivity index (χ1n) is 5.93. The molecule has 20 heavy (non-hydrogen) atoms. The van der Waals surface area contributed by atoms with Crippen LogP contribution in [-0.4, -0.2) is 9.97 Å². The molecule has 3 aromatic rings. The molecule has 0 aliphatic heterocycles. The van der Waals surface area contributed by atoms with Gasteiger partial charge in [-0.2, -0.15) is 11.8 Å². The Kier molecular flexibility index (Phi) is 7.37. The van der Waals surface area contributed by atoms with Crippen LogP contribution in [0.1, 0.15) is 5.69 Å². The van der Waals surface area contributed by atoms with Crippen molar-refractivity contribution in [2.24, 2.45) is 11.8 Å². The fourth-order valence-electron chi connectivity index (χ4n) is 1.49. The number of benzene rings is 1. The molecule has 3 rings (SSSR count). The molecule has 0 saturated carbocycles. The number of nitrogens with one attached hydrogen (secondary N) is 1. The lowest BCUT2D eigenvalue weighted by molar-refractivity contribution is 0.142. The van der Waals surface area contributed by atoms with Crippen molar-refractivity contribution in [3.05, 3.63) is 73.2 Å². The van der Waals surface area contributed by atoms with Gasteiger partial charge < -0.3 is 4.98 Å². The van der Waals surface area contributed by atoms with Gasteiger partial charge >= 0.3 is 0 Å². The quantitative estimate of drug-likeness (QED) is 0.593. The number of pyridine rings is 1. The summed E-state index contributed by atoms with van der Waals surface area (Å²) < 4.78 is 0. The molecular formula is C15H18N4O. The average Bonchev–Trinajstić information content (AvgIpc) is 3.02. The summed E-state index contributed by atoms with van der Waals surface area (Å²) in [5.41, 5.74) is 2.13. The molecule has 104 valence electrons. The van der Waals surface area contributed by atoms with Gasteiger partial charge in [-0.25, -0.2) is 4.94 Å². The van der Waals surface area contributed by atoms with Crippen molar-refractivity contribution in [1.29, 1.82) is 0 Å². The van der Waals surface area contributed by atoms with Crippen molar-refractivity contribution >= 4 is 17.0 Å². The van der Waals surface area contributed by atoms with E-state index >= 15 is 0 Å². The van der Waals surface area contributed by atoms with Crippen LogP contribution >= 0.6 is 0 Å². The Morgan fingerprint density at radius 3 is 2.30 bits per heavy atom. The van der Waals surface area contributed by atoms with Crippen molar-refractivity contribution in [2.45, 2.75) is 0 Å². The van der Waals surface area contributed by atoms with Crippen molar-refractivity contribution < 1.29 is 4.94 Å². The lowest BCUT2D eigenvalue weighted by Crippen LogP contribution is -2.03. The van der Waals surface area contributed by atoms with E-state index in [4.69, 9.17) is 0 Å². The van der Waals surface area contributed by atoms with Crippen LogP contribution in [0.2, 0.25) is 0 Å². The Hall–Kier alpha value is -2.47. The van der Waals surface area contributed by atoms with Gasteiger partial charge in [0.05, 0.1) is 5.52 Å². The fourth-order valence-corrected chi connectivity index (χ4v) is 1.49. The number of hydrogen-bond acceptors (Lipinski definition) is 4. The maximum atomic E-state index is 4.18. The first-order valence-corrected chi connectivity index (χ1v) is 5.93. The minimum atomic E-state index is 1.06. The standard InChI is InChI=1S/C9H7N.C6H7N.H4N2O/c1-2-6-9-8(4-1)5-3-7-10-9;1-2-6-4-3-5-7-6;1-3-2/h1-7H;2-5,7H,1H2;1-2H2. The van der Waals surface area contributed by atoms with E-state index in [2.05, 4.69) is 45.4 Å². The van der Waals surface area contributed by atoms with Gasteiger partial charge in [-0.15, -0.1) is 0 Å². The minimum absolute atomic E-state index is 1.06. The van der Waals surface area contributed by atoms with Gasteiger partial charge in [0.25, 0.3) is 0 Å². The molecule has 0 bridgehead atoms. The maximum Gasteiger partial charge on any atom is 0.0701 e. The lowest BCUT2D eigenvalue weighted by Gasteiger charge is -1.91. The van der Waals surface area contributed by atoms with Crippen LogP contribution < -0.4 is 11.8 Å². The summed E-state index contributed by atoms with van der Waals surface area (Å²) in [7, 11) is 0. The van der Waals surface area contributed by atoms with Gasteiger partial charge in [0.1, 0.15) is 0 Å². The Bertz CT molecular complexity index is 543. The highest BCUT2D eigenvalue weighted by atomic mass is 16.7. The average molecular weight is 270 g/mol. The number of nitrogens with two attached hydrogens (primary N) is 2. The van der Waals surface area contributed by atoms with Crippen molar-refractivity contribution in [1.82, 2.24) is 9.97 Å². The molecular weight excluding hydrogens is 252 g/mol. The summed E-state index contributed by atoms with van der Waals surface area (Å²) in [6.45, 7) is 3.57. The number of para-hydroxylation sites is 1. The molecule has 0 aliphatic rings. The molecule has 0 amide bonds. The summed E-state index contributed by atoms with van der Waals surface area (Å²) >= 11 is 0. The zero-order valence-corrected chi connectivity index (χ0v) is 11.1. The summed E-state index contributed by atoms with van der Waals surface area (Å²) in [4.78, 5) is 10.4. The number of aromatic amines is 1. The summed E-state index contributed by atoms with van der Waals surface area (Å²) in [5.74, 6) is 8.25. The molecule has 0 aliphatic carbocycles. The molecule has 0 atom stereocenters. The zero-order chi connectivity index (χ0) is 14.6. The van der Waals surface area contributed by atoms with Gasteiger partial charge in [-0.1, -0.05) is 30.8 Å². The molecule has 1 aromatic carbocycles. The second-order valence-electron chi connectivity index (χ2n) is 3.66. The molecule has 0 spiro atoms. The van der Waals surface area contributed by atoms with Crippen LogP contribution in [0.5, 0.6) is 0 Å². The number of H-pyrrole nitrogens is 1. The third kappa shape index (κ3) is 5.45. The number of fused-ring (bicyclic) bond motifs is 1. The Balaban J connectivity index is 0.000000176. The van der Waals surface area contributed by atoms with E-state index in [1.165, 1.54) is 5.39 Å². The first kappa shape index (κ1) is 15.6. The molecule has 5 nitrogen and oxygen atoms in total. The summed E-state index contributed by atoms with van der Waals surface area (Å²) in [5, 5.41) is 1.20. The van der Waals surface area contributed by atoms with Gasteiger partial charge in [0.15, 0.2) is 0 Å². The zero-order valence-electron chi connectivity index (χ0n) is 11.1. The topological polar surface area (TPSA) is 90.0 Å². The van der Waals surface area contributed by atoms with E-state index < -0.39 is 0 Å². The predicted molar refractivity (Wildman–Crippen MR) is 82.1 cm³/mol. The number of rotatable bonds is 1. The largest absolute Gasteiger partial charge is 0.362 e. The van der Waals surface area contributed by atoms with Crippen LogP contribution in [0, 0.1) is 0 Å². The first-order chi connectivity index (χ1) is 9.81. The van der Waals surface area contributed by atoms with Gasteiger partial charge in [0, 0.05) is 23.5 Å². The summed E-state index contributed by atoms with van der Waals surface area (Å²) in [6.07, 6.45) is 5.46. The molecule has 0 radical (unpaired) electrons. The molecule has 2 aromatic heterocycles. The molecule has 0 fully saturated rings. The van der Waals surface area contributed by atoms with Crippen molar-refractivity contribution in [3.63, 3.8) is 0 Å². The van der Waals surface area contributed by atoms with E-state index in [9.17, 15) is 0 Å². The Morgan fingerprint density at radius 1 is 1.05 bits per heavy atom. The monoisotopic (exact) mass is 270 g/mol. The lowest BCUT2D eigenvalue weighted by atomic mass is 10.2. The van der Waals surface area contributed by atoms with Gasteiger partial charge in [-0.05, 0) is 30.3 Å². The Labute approximate surface area is 117 Å². The normalized spacial score (nSPS) is 8.90. The van der Waals surface area contributed by atoms with E-state index in [1.807, 2.05) is 48.8 Å². The number of nitrogens with zero attached hydrogens (tertiary/aromatic N) is 1. The third-order valence-corrected chi connectivity index (χ3v) is 2.35. The predicted octanol–water partition coefficient (Wildman–Crippen LogP) is 2.64. The number of aromatic nitrogens is 2. The summed E-state index contributed by atoms with van der Waals surface area (Å²) in [6, 6.07) is 16.0. The number of hydrogen-bond donors (Lipinski definition) is 3. The van der Waals surface area contributed by atoms with E-state index in [0.29, 0.717) is 0 Å². The second kappa shape index (κ2) is 9.46. The molecule has 2 heterocycles. The van der Waals surface area contributed by atoms with Gasteiger partial charge in [-0.3, -0.25) is 4.98 Å².